The normalized spacial score (nSPS) is 24.5. The lowest BCUT2D eigenvalue weighted by Crippen LogP contribution is -2.03. The molecule has 22 heavy (non-hydrogen) atoms. The van der Waals surface area contributed by atoms with Crippen LogP contribution in [0.5, 0.6) is 5.75 Å². The minimum Gasteiger partial charge on any atom is -0.289 e. The smallest absolute Gasteiger partial charge is 0.185 e. The van der Waals surface area contributed by atoms with Gasteiger partial charge < -0.3 is 0 Å². The van der Waals surface area contributed by atoms with Gasteiger partial charge in [0.25, 0.3) is 0 Å². The fourth-order valence-electron chi connectivity index (χ4n) is 5.27. The van der Waals surface area contributed by atoms with E-state index in [9.17, 15) is 5.11 Å². The van der Waals surface area contributed by atoms with Gasteiger partial charge in [-0.2, -0.15) is 0 Å². The summed E-state index contributed by atoms with van der Waals surface area (Å²) in [6.45, 7) is 0. The van der Waals surface area contributed by atoms with Crippen molar-refractivity contribution in [1.29, 1.82) is 0 Å². The SMILES string of the molecule is [O]c1c(C2CCCC2)cc(C2CCCC2)cc1C1CCCC1. The molecule has 1 aromatic carbocycles. The van der Waals surface area contributed by atoms with Crippen LogP contribution < -0.4 is 0 Å². The van der Waals surface area contributed by atoms with Crippen molar-refractivity contribution in [2.75, 3.05) is 0 Å². The van der Waals surface area contributed by atoms with Crippen LogP contribution in [0.1, 0.15) is 111 Å². The van der Waals surface area contributed by atoms with Crippen LogP contribution in [0.3, 0.4) is 0 Å². The van der Waals surface area contributed by atoms with Gasteiger partial charge in [0.15, 0.2) is 5.75 Å². The maximum absolute atomic E-state index is 13.1. The van der Waals surface area contributed by atoms with Crippen LogP contribution in [0, 0.1) is 0 Å². The molecule has 3 aliphatic rings. The largest absolute Gasteiger partial charge is 0.289 e. The zero-order valence-corrected chi connectivity index (χ0v) is 13.8. The zero-order chi connectivity index (χ0) is 14.9. The van der Waals surface area contributed by atoms with Gasteiger partial charge in [0.2, 0.25) is 0 Å². The molecule has 1 aromatic rings. The van der Waals surface area contributed by atoms with E-state index < -0.39 is 0 Å². The van der Waals surface area contributed by atoms with Gasteiger partial charge in [-0.05, 0) is 61.8 Å². The fraction of sp³-hybridized carbons (Fsp3) is 0.714. The molecule has 3 fully saturated rings. The molecule has 3 saturated carbocycles. The molecule has 1 radical (unpaired) electrons. The van der Waals surface area contributed by atoms with Crippen LogP contribution in [0.2, 0.25) is 0 Å². The van der Waals surface area contributed by atoms with Crippen LogP contribution >= 0.6 is 0 Å². The Morgan fingerprint density at radius 2 is 0.955 bits per heavy atom. The Balaban J connectivity index is 1.74. The van der Waals surface area contributed by atoms with Crippen LogP contribution in [0.4, 0.5) is 0 Å². The molecule has 0 spiro atoms. The van der Waals surface area contributed by atoms with Gasteiger partial charge in [0.05, 0.1) is 0 Å². The average molecular weight is 297 g/mol. The topological polar surface area (TPSA) is 19.9 Å². The third kappa shape index (κ3) is 2.68. The lowest BCUT2D eigenvalue weighted by atomic mass is 9.84. The van der Waals surface area contributed by atoms with Gasteiger partial charge in [0.1, 0.15) is 0 Å². The predicted molar refractivity (Wildman–Crippen MR) is 90.2 cm³/mol. The summed E-state index contributed by atoms with van der Waals surface area (Å²) in [5.74, 6) is 2.30. The van der Waals surface area contributed by atoms with Crippen LogP contribution in [-0.4, -0.2) is 0 Å². The monoisotopic (exact) mass is 297 g/mol. The fourth-order valence-corrected chi connectivity index (χ4v) is 5.27. The van der Waals surface area contributed by atoms with Crippen LogP contribution in [0.15, 0.2) is 12.1 Å². The van der Waals surface area contributed by atoms with Crippen molar-refractivity contribution in [3.05, 3.63) is 28.8 Å². The summed E-state index contributed by atoms with van der Waals surface area (Å²) in [5.41, 5.74) is 3.91. The summed E-state index contributed by atoms with van der Waals surface area (Å²) in [4.78, 5) is 0. The summed E-state index contributed by atoms with van der Waals surface area (Å²) >= 11 is 0. The van der Waals surface area contributed by atoms with Gasteiger partial charge >= 0.3 is 0 Å². The highest BCUT2D eigenvalue weighted by Crippen LogP contribution is 2.48. The molecule has 1 heteroatoms. The van der Waals surface area contributed by atoms with Gasteiger partial charge in [-0.3, -0.25) is 5.11 Å². The van der Waals surface area contributed by atoms with Gasteiger partial charge in [-0.1, -0.05) is 50.7 Å². The van der Waals surface area contributed by atoms with E-state index in [0.29, 0.717) is 17.6 Å². The summed E-state index contributed by atoms with van der Waals surface area (Å²) < 4.78 is 0. The molecule has 0 bridgehead atoms. The summed E-state index contributed by atoms with van der Waals surface area (Å²) in [6, 6.07) is 4.68. The van der Waals surface area contributed by atoms with Gasteiger partial charge in [-0.15, -0.1) is 0 Å². The van der Waals surface area contributed by atoms with E-state index in [4.69, 9.17) is 0 Å². The first-order valence-corrected chi connectivity index (χ1v) is 9.67. The van der Waals surface area contributed by atoms with Crippen LogP contribution in [-0.2, 0) is 5.11 Å². The molecular formula is C21H29O. The predicted octanol–water partition coefficient (Wildman–Crippen LogP) is 6.80. The maximum Gasteiger partial charge on any atom is 0.185 e. The zero-order valence-electron chi connectivity index (χ0n) is 13.8. The van der Waals surface area contributed by atoms with Crippen molar-refractivity contribution < 1.29 is 5.11 Å². The standard InChI is InChI=1S/C21H29O/c22-21-19(16-9-3-4-10-16)13-18(15-7-1-2-8-15)14-20(21)17-11-5-6-12-17/h13-17H,1-12H2. The molecule has 1 nitrogen and oxygen atoms in total. The Morgan fingerprint density at radius 1 is 0.591 bits per heavy atom. The molecule has 4 rings (SSSR count). The molecule has 0 aromatic heterocycles. The van der Waals surface area contributed by atoms with E-state index in [1.165, 1.54) is 93.7 Å². The van der Waals surface area contributed by atoms with E-state index in [1.54, 1.807) is 0 Å². The van der Waals surface area contributed by atoms with Crippen molar-refractivity contribution in [2.45, 2.75) is 94.8 Å². The van der Waals surface area contributed by atoms with Gasteiger partial charge in [-0.25, -0.2) is 0 Å². The third-order valence-corrected chi connectivity index (χ3v) is 6.59. The summed E-state index contributed by atoms with van der Waals surface area (Å²) in [7, 11) is 0. The van der Waals surface area contributed by atoms with Crippen molar-refractivity contribution in [3.63, 3.8) is 0 Å². The van der Waals surface area contributed by atoms with Crippen molar-refractivity contribution in [3.8, 4) is 5.75 Å². The first-order valence-electron chi connectivity index (χ1n) is 9.67. The van der Waals surface area contributed by atoms with Crippen molar-refractivity contribution in [1.82, 2.24) is 0 Å². The van der Waals surface area contributed by atoms with E-state index in [0.717, 1.165) is 5.92 Å². The number of hydrogen-bond donors (Lipinski definition) is 0. The Morgan fingerprint density at radius 3 is 1.36 bits per heavy atom. The minimum absolute atomic E-state index is 0.431. The molecular weight excluding hydrogens is 268 g/mol. The maximum atomic E-state index is 13.1. The first kappa shape index (κ1) is 14.6. The average Bonchev–Trinajstić information content (AvgIpc) is 3.29. The van der Waals surface area contributed by atoms with E-state index in [2.05, 4.69) is 12.1 Å². The molecule has 0 N–H and O–H groups in total. The van der Waals surface area contributed by atoms with E-state index >= 15 is 0 Å². The van der Waals surface area contributed by atoms with E-state index in [-0.39, 0.29) is 0 Å². The molecule has 0 atom stereocenters. The molecule has 3 aliphatic carbocycles. The first-order chi connectivity index (χ1) is 10.8. The lowest BCUT2D eigenvalue weighted by molar-refractivity contribution is 0.337. The summed E-state index contributed by atoms with van der Waals surface area (Å²) in [5, 5.41) is 13.1. The molecule has 0 saturated heterocycles. The van der Waals surface area contributed by atoms with Crippen molar-refractivity contribution in [2.24, 2.45) is 0 Å². The van der Waals surface area contributed by atoms with Crippen molar-refractivity contribution >= 4 is 0 Å². The number of hydrogen-bond acceptors (Lipinski definition) is 0. The molecule has 0 amide bonds. The Hall–Kier alpha value is -0.980. The number of rotatable bonds is 3. The highest BCUT2D eigenvalue weighted by atomic mass is 16.3. The Labute approximate surface area is 135 Å². The second kappa shape index (κ2) is 6.26. The minimum atomic E-state index is 0.431. The second-order valence-corrected chi connectivity index (χ2v) is 7.97. The third-order valence-electron chi connectivity index (χ3n) is 6.59. The second-order valence-electron chi connectivity index (χ2n) is 7.97. The Bertz CT molecular complexity index is 478. The highest BCUT2D eigenvalue weighted by molar-refractivity contribution is 5.48. The highest BCUT2D eigenvalue weighted by Gasteiger charge is 2.29. The molecule has 0 unspecified atom stereocenters. The van der Waals surface area contributed by atoms with E-state index in [1.807, 2.05) is 0 Å². The Kier molecular flexibility index (Phi) is 4.15. The molecule has 119 valence electrons. The quantitative estimate of drug-likeness (QED) is 0.584. The number of benzene rings is 1. The molecule has 0 heterocycles. The lowest BCUT2D eigenvalue weighted by Gasteiger charge is -2.21. The van der Waals surface area contributed by atoms with Crippen LogP contribution in [0.25, 0.3) is 0 Å². The summed E-state index contributed by atoms with van der Waals surface area (Å²) in [6.07, 6.45) is 15.7. The molecule has 0 aliphatic heterocycles. The van der Waals surface area contributed by atoms with Gasteiger partial charge in [0, 0.05) is 11.1 Å².